The molecule has 2 N–H and O–H groups in total. The Morgan fingerprint density at radius 1 is 1.23 bits per heavy atom. The molecule has 0 saturated heterocycles. The molecule has 7 heteroatoms. The molecule has 1 fully saturated rings. The number of alkyl halides is 3. The third kappa shape index (κ3) is 4.67. The van der Waals surface area contributed by atoms with Gasteiger partial charge < -0.3 is 15.2 Å². The third-order valence-corrected chi connectivity index (χ3v) is 8.36. The van der Waals surface area contributed by atoms with Crippen LogP contribution in [0.25, 0.3) is 0 Å². The number of unbranched alkanes of at least 4 members (excludes halogenated alkanes) is 2. The number of rotatable bonds is 6. The Morgan fingerprint density at radius 2 is 1.91 bits per heavy atom. The zero-order chi connectivity index (χ0) is 25.6. The van der Waals surface area contributed by atoms with Gasteiger partial charge in [0, 0.05) is 17.4 Å². The van der Waals surface area contributed by atoms with Crippen molar-refractivity contribution in [3.8, 4) is 11.5 Å². The molecule has 4 nitrogen and oxygen atoms in total. The second-order valence-corrected chi connectivity index (χ2v) is 11.3. The second kappa shape index (κ2) is 9.36. The van der Waals surface area contributed by atoms with Crippen LogP contribution in [-0.4, -0.2) is 28.3 Å². The number of aromatic hydroxyl groups is 1. The van der Waals surface area contributed by atoms with Crippen LogP contribution >= 0.6 is 0 Å². The van der Waals surface area contributed by atoms with Crippen LogP contribution in [0.5, 0.6) is 11.5 Å². The summed E-state index contributed by atoms with van der Waals surface area (Å²) in [6.45, 7) is 8.21. The molecule has 1 aromatic rings. The van der Waals surface area contributed by atoms with E-state index < -0.39 is 23.2 Å². The van der Waals surface area contributed by atoms with E-state index in [2.05, 4.69) is 25.2 Å². The molecule has 1 saturated carbocycles. The van der Waals surface area contributed by atoms with E-state index in [-0.39, 0.29) is 36.0 Å². The maximum absolute atomic E-state index is 14.1. The average Bonchev–Trinajstić information content (AvgIpc) is 3.22. The Hall–Kier alpha value is -2.18. The third-order valence-electron chi connectivity index (χ3n) is 8.36. The molecule has 3 aliphatic rings. The minimum Gasteiger partial charge on any atom is -0.507 e. The lowest BCUT2D eigenvalue weighted by Crippen LogP contribution is -2.57. The summed E-state index contributed by atoms with van der Waals surface area (Å²) < 4.78 is 48.6. The van der Waals surface area contributed by atoms with Gasteiger partial charge in [0.15, 0.2) is 0 Å². The molecule has 35 heavy (non-hydrogen) atoms. The highest BCUT2D eigenvalue weighted by molar-refractivity contribution is 6.00. The number of amides is 1. The summed E-state index contributed by atoms with van der Waals surface area (Å²) in [6.07, 6.45) is 3.10. The fourth-order valence-electron chi connectivity index (χ4n) is 6.36. The number of phenolic OH excluding ortho intramolecular Hbond substituents is 1. The van der Waals surface area contributed by atoms with E-state index in [1.807, 2.05) is 13.8 Å². The van der Waals surface area contributed by atoms with Crippen molar-refractivity contribution in [1.82, 2.24) is 5.32 Å². The van der Waals surface area contributed by atoms with Gasteiger partial charge in [0.1, 0.15) is 22.6 Å². The van der Waals surface area contributed by atoms with Crippen molar-refractivity contribution in [1.29, 1.82) is 0 Å². The van der Waals surface area contributed by atoms with E-state index in [0.717, 1.165) is 32.1 Å². The molecule has 0 bridgehead atoms. The number of nitrogens with one attached hydrogen (secondary N) is 1. The number of hydrogen-bond donors (Lipinski definition) is 2. The highest BCUT2D eigenvalue weighted by Crippen LogP contribution is 2.54. The lowest BCUT2D eigenvalue weighted by Gasteiger charge is -2.46. The van der Waals surface area contributed by atoms with Crippen LogP contribution in [0, 0.1) is 5.92 Å². The predicted octanol–water partition coefficient (Wildman–Crippen LogP) is 7.34. The molecule has 0 aromatic heterocycles. The number of phenols is 1. The molecule has 194 valence electrons. The van der Waals surface area contributed by atoms with Crippen molar-refractivity contribution < 1.29 is 27.8 Å². The smallest absolute Gasteiger partial charge is 0.411 e. The first-order chi connectivity index (χ1) is 16.4. The maximum Gasteiger partial charge on any atom is 0.411 e. The Morgan fingerprint density at radius 3 is 2.54 bits per heavy atom. The quantitative estimate of drug-likeness (QED) is 0.322. The highest BCUT2D eigenvalue weighted by atomic mass is 19.4. The lowest BCUT2D eigenvalue weighted by molar-refractivity contribution is -0.191. The molecule has 0 spiro atoms. The molecule has 2 atom stereocenters. The molecular formula is C28H38F3NO3. The number of allylic oxidation sites excluding steroid dienone is 2. The van der Waals surface area contributed by atoms with Gasteiger partial charge >= 0.3 is 6.18 Å². The van der Waals surface area contributed by atoms with Crippen LogP contribution in [-0.2, 0) is 6.42 Å². The fourth-order valence-corrected chi connectivity index (χ4v) is 6.36. The molecule has 1 amide bonds. The first-order valence-electron chi connectivity index (χ1n) is 13.0. The Labute approximate surface area is 206 Å². The summed E-state index contributed by atoms with van der Waals surface area (Å²) in [6, 6.07) is 1.80. The molecule has 1 aromatic carbocycles. The van der Waals surface area contributed by atoms with Gasteiger partial charge in [-0.05, 0) is 70.9 Å². The fraction of sp³-hybridized carbons (Fsp3) is 0.679. The van der Waals surface area contributed by atoms with Gasteiger partial charge in [0.25, 0.3) is 5.91 Å². The van der Waals surface area contributed by atoms with E-state index in [1.54, 1.807) is 6.07 Å². The number of hydrogen-bond acceptors (Lipinski definition) is 3. The average molecular weight is 494 g/mol. The lowest BCUT2D eigenvalue weighted by atomic mass is 9.67. The Kier molecular flexibility index (Phi) is 6.93. The van der Waals surface area contributed by atoms with Gasteiger partial charge in [-0.2, -0.15) is 13.2 Å². The van der Waals surface area contributed by atoms with Crippen molar-refractivity contribution in [3.63, 3.8) is 0 Å². The predicted molar refractivity (Wildman–Crippen MR) is 130 cm³/mol. The van der Waals surface area contributed by atoms with Crippen LogP contribution in [0.3, 0.4) is 0 Å². The Balaban J connectivity index is 1.82. The van der Waals surface area contributed by atoms with Gasteiger partial charge in [-0.25, -0.2) is 0 Å². The van der Waals surface area contributed by atoms with Crippen LogP contribution in [0.1, 0.15) is 113 Å². The zero-order valence-corrected chi connectivity index (χ0v) is 21.3. The van der Waals surface area contributed by atoms with Gasteiger partial charge in [-0.15, -0.1) is 0 Å². The SMILES string of the molecule is CCCCCc1cc2c(c(O)c1C(=O)NC1(C(F)(F)F)CCCC1)C1C=C(C)CCC1C(C)(C)O2. The molecule has 2 unspecified atom stereocenters. The summed E-state index contributed by atoms with van der Waals surface area (Å²) >= 11 is 0. The van der Waals surface area contributed by atoms with E-state index in [4.69, 9.17) is 4.74 Å². The summed E-state index contributed by atoms with van der Waals surface area (Å²) in [5, 5.41) is 13.9. The van der Waals surface area contributed by atoms with E-state index in [0.29, 0.717) is 36.1 Å². The summed E-state index contributed by atoms with van der Waals surface area (Å²) in [5.41, 5.74) is -0.437. The van der Waals surface area contributed by atoms with Crippen LogP contribution in [0.15, 0.2) is 17.7 Å². The number of benzene rings is 1. The Bertz CT molecular complexity index is 1010. The normalized spacial score (nSPS) is 24.7. The van der Waals surface area contributed by atoms with Crippen molar-refractivity contribution in [2.45, 2.75) is 115 Å². The standard InChI is InChI=1S/C28H38F3NO3/c1-5-6-7-10-18-16-21-23(19-15-17(2)11-12-20(19)26(3,4)35-21)24(33)22(18)25(34)32-27(28(29,30)31)13-8-9-14-27/h15-16,19-20,33H,5-14H2,1-4H3,(H,32,34). The zero-order valence-electron chi connectivity index (χ0n) is 21.3. The minimum absolute atomic E-state index is 0.0194. The summed E-state index contributed by atoms with van der Waals surface area (Å²) in [7, 11) is 0. The van der Waals surface area contributed by atoms with Gasteiger partial charge in [0.05, 0.1) is 5.56 Å². The van der Waals surface area contributed by atoms with Crippen LogP contribution in [0.2, 0.25) is 0 Å². The largest absolute Gasteiger partial charge is 0.507 e. The van der Waals surface area contributed by atoms with Crippen molar-refractivity contribution in [3.05, 3.63) is 34.4 Å². The topological polar surface area (TPSA) is 58.6 Å². The molecular weight excluding hydrogens is 455 g/mol. The maximum atomic E-state index is 14.1. The van der Waals surface area contributed by atoms with E-state index in [1.165, 1.54) is 5.57 Å². The molecule has 0 radical (unpaired) electrons. The minimum atomic E-state index is -4.55. The van der Waals surface area contributed by atoms with Gasteiger partial charge in [-0.1, -0.05) is 44.3 Å². The van der Waals surface area contributed by atoms with Gasteiger partial charge in [-0.3, -0.25) is 4.79 Å². The monoisotopic (exact) mass is 493 g/mol. The van der Waals surface area contributed by atoms with Gasteiger partial charge in [0.2, 0.25) is 0 Å². The summed E-state index contributed by atoms with van der Waals surface area (Å²) in [5.74, 6) is -0.578. The van der Waals surface area contributed by atoms with Crippen LogP contribution < -0.4 is 10.1 Å². The van der Waals surface area contributed by atoms with E-state index >= 15 is 0 Å². The first-order valence-corrected chi connectivity index (χ1v) is 13.0. The number of carbonyl (C=O) groups is 1. The molecule has 2 aliphatic carbocycles. The number of aryl methyl sites for hydroxylation is 1. The second-order valence-electron chi connectivity index (χ2n) is 11.3. The van der Waals surface area contributed by atoms with Crippen LogP contribution in [0.4, 0.5) is 13.2 Å². The van der Waals surface area contributed by atoms with Crippen molar-refractivity contribution in [2.24, 2.45) is 5.92 Å². The highest BCUT2D eigenvalue weighted by Gasteiger charge is 2.57. The summed E-state index contributed by atoms with van der Waals surface area (Å²) in [4.78, 5) is 13.5. The molecule has 1 heterocycles. The number of ether oxygens (including phenoxy) is 1. The van der Waals surface area contributed by atoms with Crippen molar-refractivity contribution >= 4 is 5.91 Å². The number of halogens is 3. The number of carbonyl (C=O) groups excluding carboxylic acids is 1. The first kappa shape index (κ1) is 25.9. The van der Waals surface area contributed by atoms with Crippen molar-refractivity contribution in [2.75, 3.05) is 0 Å². The number of fused-ring (bicyclic) bond motifs is 3. The van der Waals surface area contributed by atoms with E-state index in [9.17, 15) is 23.1 Å². The molecule has 4 rings (SSSR count). The molecule has 1 aliphatic heterocycles.